The molecule has 0 aliphatic carbocycles. The molecule has 1 heterocycles. The monoisotopic (exact) mass is 212 g/mol. The fourth-order valence-electron chi connectivity index (χ4n) is 1.19. The fourth-order valence-corrected chi connectivity index (χ4v) is 1.19. The third-order valence-corrected chi connectivity index (χ3v) is 2.62. The highest BCUT2D eigenvalue weighted by molar-refractivity contribution is 5.39. The van der Waals surface area contributed by atoms with Gasteiger partial charge in [-0.05, 0) is 12.8 Å². The van der Waals surface area contributed by atoms with Crippen molar-refractivity contribution in [2.24, 2.45) is 5.92 Å². The molecule has 15 heavy (non-hydrogen) atoms. The second kappa shape index (κ2) is 4.91. The summed E-state index contributed by atoms with van der Waals surface area (Å²) in [6, 6.07) is 0.152. The summed E-state index contributed by atoms with van der Waals surface area (Å²) in [5, 5.41) is 3.00. The molecule has 2 atom stereocenters. The Morgan fingerprint density at radius 3 is 2.80 bits per heavy atom. The smallest absolute Gasteiger partial charge is 0.222 e. The van der Waals surface area contributed by atoms with E-state index in [-0.39, 0.29) is 17.8 Å². The van der Waals surface area contributed by atoms with Gasteiger partial charge in [0.25, 0.3) is 0 Å². The zero-order chi connectivity index (χ0) is 11.4. The van der Waals surface area contributed by atoms with Gasteiger partial charge in [0.15, 0.2) is 11.6 Å². The molecule has 0 saturated carbocycles. The van der Waals surface area contributed by atoms with Gasteiger partial charge in [0.2, 0.25) is 5.95 Å². The molecular formula is C10H17FN4. The molecule has 1 aromatic heterocycles. The lowest BCUT2D eigenvalue weighted by atomic mass is 10.0. The minimum atomic E-state index is -0.473. The molecule has 0 fully saturated rings. The summed E-state index contributed by atoms with van der Waals surface area (Å²) < 4.78 is 13.3. The van der Waals surface area contributed by atoms with Crippen LogP contribution in [-0.4, -0.2) is 16.0 Å². The zero-order valence-electron chi connectivity index (χ0n) is 9.29. The SMILES string of the molecule is CCC(C)C(C)Nc1nc(N)ncc1F. The molecule has 0 radical (unpaired) electrons. The molecule has 0 spiro atoms. The first-order chi connectivity index (χ1) is 7.04. The van der Waals surface area contributed by atoms with Crippen molar-refractivity contribution >= 4 is 11.8 Å². The van der Waals surface area contributed by atoms with Gasteiger partial charge in [-0.15, -0.1) is 0 Å². The fraction of sp³-hybridized carbons (Fsp3) is 0.600. The summed E-state index contributed by atoms with van der Waals surface area (Å²) in [5.41, 5.74) is 5.38. The number of hydrogen-bond acceptors (Lipinski definition) is 4. The maximum absolute atomic E-state index is 13.3. The Hall–Kier alpha value is -1.39. The topological polar surface area (TPSA) is 63.8 Å². The number of nitrogen functional groups attached to an aromatic ring is 1. The van der Waals surface area contributed by atoms with Crippen molar-refractivity contribution in [1.82, 2.24) is 9.97 Å². The van der Waals surface area contributed by atoms with Crippen molar-refractivity contribution in [3.05, 3.63) is 12.0 Å². The largest absolute Gasteiger partial charge is 0.368 e. The lowest BCUT2D eigenvalue weighted by molar-refractivity contribution is 0.489. The number of nitrogens with zero attached hydrogens (tertiary/aromatic N) is 2. The summed E-state index contributed by atoms with van der Waals surface area (Å²) in [6.45, 7) is 6.18. The van der Waals surface area contributed by atoms with Crippen molar-refractivity contribution < 1.29 is 4.39 Å². The minimum absolute atomic E-state index is 0.0789. The Morgan fingerprint density at radius 1 is 1.53 bits per heavy atom. The highest BCUT2D eigenvalue weighted by atomic mass is 19.1. The van der Waals surface area contributed by atoms with E-state index in [0.717, 1.165) is 12.6 Å². The first-order valence-electron chi connectivity index (χ1n) is 5.09. The third-order valence-electron chi connectivity index (χ3n) is 2.62. The predicted molar refractivity (Wildman–Crippen MR) is 58.9 cm³/mol. The van der Waals surface area contributed by atoms with Crippen LogP contribution in [0.15, 0.2) is 6.20 Å². The highest BCUT2D eigenvalue weighted by Crippen LogP contribution is 2.16. The average molecular weight is 212 g/mol. The van der Waals surface area contributed by atoms with Gasteiger partial charge in [0, 0.05) is 6.04 Å². The van der Waals surface area contributed by atoms with E-state index in [1.807, 2.05) is 6.92 Å². The molecule has 0 aliphatic heterocycles. The number of hydrogen-bond donors (Lipinski definition) is 2. The van der Waals surface area contributed by atoms with Gasteiger partial charge < -0.3 is 11.1 Å². The molecule has 0 bridgehead atoms. The van der Waals surface area contributed by atoms with Gasteiger partial charge in [-0.25, -0.2) is 9.37 Å². The first kappa shape index (κ1) is 11.7. The highest BCUT2D eigenvalue weighted by Gasteiger charge is 2.13. The van der Waals surface area contributed by atoms with E-state index < -0.39 is 5.82 Å². The number of aromatic nitrogens is 2. The molecule has 2 unspecified atom stereocenters. The third kappa shape index (κ3) is 3.04. The molecule has 4 nitrogen and oxygen atoms in total. The Kier molecular flexibility index (Phi) is 3.82. The standard InChI is InChI=1S/C10H17FN4/c1-4-6(2)7(3)14-9-8(11)5-13-10(12)15-9/h5-7H,4H2,1-3H3,(H3,12,13,14,15). The van der Waals surface area contributed by atoms with Crippen LogP contribution in [0.25, 0.3) is 0 Å². The number of rotatable bonds is 4. The maximum Gasteiger partial charge on any atom is 0.222 e. The number of anilines is 2. The van der Waals surface area contributed by atoms with Crippen LogP contribution in [0.4, 0.5) is 16.2 Å². The second-order valence-electron chi connectivity index (χ2n) is 3.74. The van der Waals surface area contributed by atoms with Crippen LogP contribution in [-0.2, 0) is 0 Å². The molecule has 3 N–H and O–H groups in total. The van der Waals surface area contributed by atoms with Gasteiger partial charge in [-0.2, -0.15) is 4.98 Å². The summed E-state index contributed by atoms with van der Waals surface area (Å²) in [7, 11) is 0. The number of nitrogens with two attached hydrogens (primary N) is 1. The van der Waals surface area contributed by atoms with Crippen molar-refractivity contribution in [1.29, 1.82) is 0 Å². The molecule has 0 saturated heterocycles. The average Bonchev–Trinajstić information content (AvgIpc) is 2.22. The van der Waals surface area contributed by atoms with Crippen LogP contribution in [0.1, 0.15) is 27.2 Å². The zero-order valence-corrected chi connectivity index (χ0v) is 9.29. The Labute approximate surface area is 89.1 Å². The van der Waals surface area contributed by atoms with E-state index in [1.54, 1.807) is 0 Å². The van der Waals surface area contributed by atoms with Crippen molar-refractivity contribution in [3.63, 3.8) is 0 Å². The number of nitrogens with one attached hydrogen (secondary N) is 1. The van der Waals surface area contributed by atoms with Gasteiger partial charge in [-0.1, -0.05) is 20.3 Å². The van der Waals surface area contributed by atoms with Crippen molar-refractivity contribution in [2.75, 3.05) is 11.1 Å². The first-order valence-corrected chi connectivity index (χ1v) is 5.09. The molecule has 0 amide bonds. The van der Waals surface area contributed by atoms with Crippen LogP contribution < -0.4 is 11.1 Å². The van der Waals surface area contributed by atoms with Gasteiger partial charge in [0.05, 0.1) is 6.20 Å². The lowest BCUT2D eigenvalue weighted by Gasteiger charge is -2.20. The van der Waals surface area contributed by atoms with E-state index in [9.17, 15) is 4.39 Å². The van der Waals surface area contributed by atoms with Crippen LogP contribution in [0.5, 0.6) is 0 Å². The Morgan fingerprint density at radius 2 is 2.20 bits per heavy atom. The normalized spacial score (nSPS) is 14.7. The van der Waals surface area contributed by atoms with E-state index in [2.05, 4.69) is 29.1 Å². The summed E-state index contributed by atoms with van der Waals surface area (Å²) in [5.74, 6) is 0.227. The van der Waals surface area contributed by atoms with Crippen molar-refractivity contribution in [2.45, 2.75) is 33.2 Å². The van der Waals surface area contributed by atoms with Gasteiger partial charge >= 0.3 is 0 Å². The molecule has 5 heteroatoms. The van der Waals surface area contributed by atoms with Crippen LogP contribution in [0, 0.1) is 11.7 Å². The molecule has 0 aliphatic rings. The van der Waals surface area contributed by atoms with Crippen LogP contribution in [0.2, 0.25) is 0 Å². The second-order valence-corrected chi connectivity index (χ2v) is 3.74. The number of halogens is 1. The summed E-state index contributed by atoms with van der Waals surface area (Å²) in [6.07, 6.45) is 2.10. The molecule has 1 aromatic rings. The van der Waals surface area contributed by atoms with Crippen LogP contribution in [0.3, 0.4) is 0 Å². The molecule has 84 valence electrons. The van der Waals surface area contributed by atoms with Gasteiger partial charge in [0.1, 0.15) is 0 Å². The molecule has 0 aromatic carbocycles. The van der Waals surface area contributed by atoms with E-state index in [4.69, 9.17) is 5.73 Å². The Balaban J connectivity index is 2.75. The van der Waals surface area contributed by atoms with Crippen LogP contribution >= 0.6 is 0 Å². The quantitative estimate of drug-likeness (QED) is 0.801. The van der Waals surface area contributed by atoms with E-state index in [0.29, 0.717) is 5.92 Å². The summed E-state index contributed by atoms with van der Waals surface area (Å²) >= 11 is 0. The molecule has 1 rings (SSSR count). The van der Waals surface area contributed by atoms with Gasteiger partial charge in [-0.3, -0.25) is 0 Å². The maximum atomic E-state index is 13.3. The van der Waals surface area contributed by atoms with E-state index in [1.165, 1.54) is 0 Å². The minimum Gasteiger partial charge on any atom is -0.368 e. The Bertz CT molecular complexity index is 329. The van der Waals surface area contributed by atoms with E-state index >= 15 is 0 Å². The lowest BCUT2D eigenvalue weighted by Crippen LogP contribution is -2.24. The molecular weight excluding hydrogens is 195 g/mol. The summed E-state index contributed by atoms with van der Waals surface area (Å²) in [4.78, 5) is 7.37. The van der Waals surface area contributed by atoms with Crippen molar-refractivity contribution in [3.8, 4) is 0 Å². The predicted octanol–water partition coefficient (Wildman–Crippen LogP) is 2.04.